The Hall–Kier alpha value is -2.17. The minimum Gasteiger partial charge on any atom is -0.390 e. The highest BCUT2D eigenvalue weighted by Crippen LogP contribution is 2.51. The number of sulfone groups is 1. The molecule has 2 aromatic carbocycles. The number of benzene rings is 2. The number of carbonyl (C=O) groups excluding carboxylic acids is 1. The van der Waals surface area contributed by atoms with E-state index in [9.17, 15) is 35.9 Å². The molecule has 11 heteroatoms. The van der Waals surface area contributed by atoms with Crippen molar-refractivity contribution in [2.45, 2.75) is 54.5 Å². The normalized spacial score (nSPS) is 27.0. The Bertz CT molecular complexity index is 1230. The molecule has 4 atom stereocenters. The lowest BCUT2D eigenvalue weighted by Gasteiger charge is -2.40. The molecule has 0 saturated heterocycles. The molecule has 2 bridgehead atoms. The van der Waals surface area contributed by atoms with Crippen molar-refractivity contribution in [3.8, 4) is 0 Å². The summed E-state index contributed by atoms with van der Waals surface area (Å²) >= 11 is 6.17. The van der Waals surface area contributed by atoms with Crippen LogP contribution in [0.5, 0.6) is 0 Å². The zero-order chi connectivity index (χ0) is 25.1. The molecule has 34 heavy (non-hydrogen) atoms. The van der Waals surface area contributed by atoms with Crippen LogP contribution >= 0.6 is 11.6 Å². The number of halogens is 5. The molecule has 3 unspecified atom stereocenters. The van der Waals surface area contributed by atoms with Gasteiger partial charge in [0.05, 0.1) is 26.3 Å². The summed E-state index contributed by atoms with van der Waals surface area (Å²) in [6.45, 7) is 1.73. The van der Waals surface area contributed by atoms with Gasteiger partial charge in [0.2, 0.25) is 0 Å². The number of hydrogen-bond acceptors (Lipinski definition) is 4. The van der Waals surface area contributed by atoms with Crippen molar-refractivity contribution in [2.24, 2.45) is 11.8 Å². The van der Waals surface area contributed by atoms with Gasteiger partial charge in [0.15, 0.2) is 9.84 Å². The monoisotopic (exact) mass is 519 g/mol. The van der Waals surface area contributed by atoms with Crippen LogP contribution in [0.1, 0.15) is 48.5 Å². The summed E-state index contributed by atoms with van der Waals surface area (Å²) in [4.78, 5) is 12.4. The number of alkyl halides is 3. The van der Waals surface area contributed by atoms with E-state index in [0.717, 1.165) is 25.0 Å². The van der Waals surface area contributed by atoms with Crippen molar-refractivity contribution in [1.82, 2.24) is 0 Å². The number of nitrogens with one attached hydrogen (secondary N) is 1. The van der Waals surface area contributed by atoms with Gasteiger partial charge in [-0.25, -0.2) is 12.8 Å². The van der Waals surface area contributed by atoms with E-state index < -0.39 is 44.2 Å². The molecular formula is C23H22ClF4NO4S. The molecule has 2 aromatic rings. The summed E-state index contributed by atoms with van der Waals surface area (Å²) in [5.41, 5.74) is -2.88. The molecule has 1 amide bonds. The Morgan fingerprint density at radius 3 is 2.32 bits per heavy atom. The summed E-state index contributed by atoms with van der Waals surface area (Å²) in [6.07, 6.45) is -2.94. The van der Waals surface area contributed by atoms with E-state index in [4.69, 9.17) is 11.6 Å². The second-order valence-electron chi connectivity index (χ2n) is 9.13. The number of anilines is 1. The highest BCUT2D eigenvalue weighted by Gasteiger charge is 2.53. The maximum Gasteiger partial charge on any atom is 0.419 e. The summed E-state index contributed by atoms with van der Waals surface area (Å²) in [7, 11) is -3.95. The average Bonchev–Trinajstić information content (AvgIpc) is 2.91. The van der Waals surface area contributed by atoms with Crippen molar-refractivity contribution >= 4 is 33.0 Å². The molecule has 2 aliphatic carbocycles. The van der Waals surface area contributed by atoms with Crippen LogP contribution in [0, 0.1) is 17.7 Å². The standard InChI is InChI=1S/C23H22ClF4NO4S/c1-22(31)13-3-4-14(22)10-16(9-13)34(32,33)20-8-12(2-6-18(20)24)21(30)29-15-5-7-19(25)17(11-15)23(26,27)28/h2,5-8,11,13-14,16,31H,3-4,9-10H2,1H3,(H,29,30)/t13-,14?,16?,22?/m1/s1. The van der Waals surface area contributed by atoms with E-state index in [1.54, 1.807) is 6.92 Å². The molecular weight excluding hydrogens is 498 g/mol. The molecule has 0 aromatic heterocycles. The topological polar surface area (TPSA) is 83.5 Å². The van der Waals surface area contributed by atoms with E-state index in [-0.39, 0.29) is 45.8 Å². The van der Waals surface area contributed by atoms with Crippen LogP contribution in [0.4, 0.5) is 23.2 Å². The van der Waals surface area contributed by atoms with Gasteiger partial charge in [0.1, 0.15) is 5.82 Å². The SMILES string of the molecule is CC1(O)C2CC[C@@H]1CC(S(=O)(=O)c1cc(C(=O)Nc3ccc(F)c(C(F)(F)F)c3)ccc1Cl)C2. The van der Waals surface area contributed by atoms with Gasteiger partial charge in [-0.2, -0.15) is 13.2 Å². The quantitative estimate of drug-likeness (QED) is 0.525. The zero-order valence-corrected chi connectivity index (χ0v) is 19.6. The molecule has 0 aliphatic heterocycles. The van der Waals surface area contributed by atoms with Crippen molar-refractivity contribution < 1.29 is 35.9 Å². The first-order valence-electron chi connectivity index (χ1n) is 10.6. The van der Waals surface area contributed by atoms with Gasteiger partial charge in [-0.15, -0.1) is 0 Å². The lowest BCUT2D eigenvalue weighted by atomic mass is 9.76. The van der Waals surface area contributed by atoms with Gasteiger partial charge in [-0.05, 0) is 80.8 Å². The predicted molar refractivity (Wildman–Crippen MR) is 118 cm³/mol. The fourth-order valence-electron chi connectivity index (χ4n) is 5.08. The lowest BCUT2D eigenvalue weighted by molar-refractivity contribution is -0.139. The highest BCUT2D eigenvalue weighted by atomic mass is 35.5. The van der Waals surface area contributed by atoms with E-state index in [1.807, 2.05) is 0 Å². The fraction of sp³-hybridized carbons (Fsp3) is 0.435. The number of carbonyl (C=O) groups is 1. The van der Waals surface area contributed by atoms with Gasteiger partial charge >= 0.3 is 6.18 Å². The van der Waals surface area contributed by atoms with Crippen LogP contribution in [0.25, 0.3) is 0 Å². The minimum atomic E-state index is -4.95. The Morgan fingerprint density at radius 2 is 1.74 bits per heavy atom. The van der Waals surface area contributed by atoms with Gasteiger partial charge in [0, 0.05) is 11.3 Å². The largest absolute Gasteiger partial charge is 0.419 e. The Morgan fingerprint density at radius 1 is 1.12 bits per heavy atom. The van der Waals surface area contributed by atoms with E-state index in [1.165, 1.54) is 12.1 Å². The van der Waals surface area contributed by atoms with E-state index >= 15 is 0 Å². The number of aliphatic hydroxyl groups is 1. The lowest BCUT2D eigenvalue weighted by Crippen LogP contribution is -2.45. The number of fused-ring (bicyclic) bond motifs is 2. The maximum atomic E-state index is 13.5. The van der Waals surface area contributed by atoms with Crippen LogP contribution in [-0.2, 0) is 16.0 Å². The van der Waals surface area contributed by atoms with Gasteiger partial charge in [-0.3, -0.25) is 4.79 Å². The van der Waals surface area contributed by atoms with Crippen molar-refractivity contribution in [3.05, 3.63) is 58.4 Å². The molecule has 0 spiro atoms. The summed E-state index contributed by atoms with van der Waals surface area (Å²) < 4.78 is 79.2. The molecule has 2 saturated carbocycles. The van der Waals surface area contributed by atoms with Crippen LogP contribution in [0.2, 0.25) is 5.02 Å². The molecule has 2 aliphatic rings. The van der Waals surface area contributed by atoms with E-state index in [0.29, 0.717) is 12.1 Å². The minimum absolute atomic E-state index is 0.0811. The summed E-state index contributed by atoms with van der Waals surface area (Å²) in [5, 5.41) is 12.0. The van der Waals surface area contributed by atoms with Crippen LogP contribution in [0.3, 0.4) is 0 Å². The van der Waals surface area contributed by atoms with Crippen LogP contribution < -0.4 is 5.32 Å². The van der Waals surface area contributed by atoms with E-state index in [2.05, 4.69) is 5.32 Å². The number of hydrogen-bond donors (Lipinski definition) is 2. The fourth-order valence-corrected chi connectivity index (χ4v) is 7.48. The second kappa shape index (κ2) is 8.49. The van der Waals surface area contributed by atoms with Crippen molar-refractivity contribution in [3.63, 3.8) is 0 Å². The Balaban J connectivity index is 1.60. The third-order valence-corrected chi connectivity index (χ3v) is 9.73. The average molecular weight is 520 g/mol. The van der Waals surface area contributed by atoms with Gasteiger partial charge in [-0.1, -0.05) is 11.6 Å². The molecule has 4 rings (SSSR count). The molecule has 184 valence electrons. The first-order valence-corrected chi connectivity index (χ1v) is 12.6. The van der Waals surface area contributed by atoms with Crippen LogP contribution in [-0.4, -0.2) is 30.3 Å². The predicted octanol–water partition coefficient (Wildman–Crippen LogP) is 5.46. The summed E-state index contributed by atoms with van der Waals surface area (Å²) in [5.74, 6) is -2.67. The second-order valence-corrected chi connectivity index (χ2v) is 11.7. The Labute approximate surface area is 199 Å². The zero-order valence-electron chi connectivity index (χ0n) is 18.0. The third-order valence-electron chi connectivity index (χ3n) is 7.08. The third kappa shape index (κ3) is 4.43. The van der Waals surface area contributed by atoms with Crippen molar-refractivity contribution in [2.75, 3.05) is 5.32 Å². The molecule has 5 nitrogen and oxygen atoms in total. The Kier molecular flexibility index (Phi) is 6.23. The highest BCUT2D eigenvalue weighted by molar-refractivity contribution is 7.92. The van der Waals surface area contributed by atoms with Crippen LogP contribution in [0.15, 0.2) is 41.3 Å². The number of amides is 1. The molecule has 0 heterocycles. The molecule has 2 fully saturated rings. The first-order chi connectivity index (χ1) is 15.7. The van der Waals surface area contributed by atoms with Crippen molar-refractivity contribution in [1.29, 1.82) is 0 Å². The van der Waals surface area contributed by atoms with Gasteiger partial charge in [0.25, 0.3) is 5.91 Å². The van der Waals surface area contributed by atoms with Gasteiger partial charge < -0.3 is 10.4 Å². The number of rotatable bonds is 4. The maximum absolute atomic E-state index is 13.5. The smallest absolute Gasteiger partial charge is 0.390 e. The summed E-state index contributed by atoms with van der Waals surface area (Å²) in [6, 6.07) is 5.60. The molecule has 2 N–H and O–H groups in total. The first kappa shape index (κ1) is 24.9. The molecule has 0 radical (unpaired) electrons.